The van der Waals surface area contributed by atoms with Crippen LogP contribution >= 0.6 is 0 Å². The number of rotatable bonds is 4. The summed E-state index contributed by atoms with van der Waals surface area (Å²) in [6.45, 7) is 2.55. The van der Waals surface area contributed by atoms with E-state index in [1.165, 1.54) is 0 Å². The van der Waals surface area contributed by atoms with Crippen molar-refractivity contribution in [2.45, 2.75) is 25.4 Å². The number of hydrogen-bond donors (Lipinski definition) is 0. The number of carbonyl (C=O) groups excluding carboxylic acids is 1. The number of carbonyl (C=O) groups is 1. The Morgan fingerprint density at radius 2 is 2.21 bits per heavy atom. The lowest BCUT2D eigenvalue weighted by Crippen LogP contribution is -2.33. The largest absolute Gasteiger partial charge is 0.497 e. The van der Waals surface area contributed by atoms with Gasteiger partial charge in [-0.1, -0.05) is 12.1 Å². The average Bonchev–Trinajstić information content (AvgIpc) is 2.76. The van der Waals surface area contributed by atoms with E-state index in [1.54, 1.807) is 7.11 Å². The zero-order chi connectivity index (χ0) is 16.9. The maximum absolute atomic E-state index is 12.9. The van der Waals surface area contributed by atoms with E-state index in [9.17, 15) is 4.79 Å². The van der Waals surface area contributed by atoms with E-state index in [2.05, 4.69) is 6.07 Å². The molecule has 1 fully saturated rings. The smallest absolute Gasteiger partial charge is 0.249 e. The van der Waals surface area contributed by atoms with Crippen molar-refractivity contribution in [3.05, 3.63) is 35.4 Å². The maximum Gasteiger partial charge on any atom is 0.249 e. The van der Waals surface area contributed by atoms with Crippen molar-refractivity contribution in [2.24, 2.45) is 0 Å². The van der Waals surface area contributed by atoms with E-state index < -0.39 is 0 Å². The summed E-state index contributed by atoms with van der Waals surface area (Å²) in [5, 5.41) is 0. The van der Waals surface area contributed by atoms with Crippen molar-refractivity contribution in [3.8, 4) is 5.75 Å². The summed E-state index contributed by atoms with van der Waals surface area (Å²) in [6.07, 6.45) is 2.38. The molecule has 0 aliphatic carbocycles. The van der Waals surface area contributed by atoms with Crippen LogP contribution in [0.4, 0.5) is 0 Å². The zero-order valence-corrected chi connectivity index (χ0v) is 14.4. The molecule has 1 aromatic carbocycles. The standard InChI is InChI=1S/C19H25NO4/c1-20-8-4-7-17(14-5-3-6-15(11-14)22-2)18(19(20)21)12-16-13-23-9-10-24-16/h3,5-6,11,16H,4,7-10,12-13H2,1-2H3. The molecule has 130 valence electrons. The van der Waals surface area contributed by atoms with E-state index in [0.29, 0.717) is 26.2 Å². The monoisotopic (exact) mass is 331 g/mol. The van der Waals surface area contributed by atoms with E-state index >= 15 is 0 Å². The van der Waals surface area contributed by atoms with Gasteiger partial charge < -0.3 is 19.1 Å². The molecule has 0 N–H and O–H groups in total. The van der Waals surface area contributed by atoms with Gasteiger partial charge >= 0.3 is 0 Å². The predicted molar refractivity (Wildman–Crippen MR) is 92.0 cm³/mol. The third kappa shape index (κ3) is 3.79. The summed E-state index contributed by atoms with van der Waals surface area (Å²) in [4.78, 5) is 14.7. The van der Waals surface area contributed by atoms with Crippen LogP contribution in [0.5, 0.6) is 5.75 Å². The van der Waals surface area contributed by atoms with Gasteiger partial charge in [-0.3, -0.25) is 4.79 Å². The molecule has 0 radical (unpaired) electrons. The summed E-state index contributed by atoms with van der Waals surface area (Å²) in [5.41, 5.74) is 3.01. The molecule has 0 aromatic heterocycles. The van der Waals surface area contributed by atoms with E-state index in [1.807, 2.05) is 30.1 Å². The van der Waals surface area contributed by atoms with Gasteiger partial charge in [-0.2, -0.15) is 0 Å². The number of allylic oxidation sites excluding steroid dienone is 1. The topological polar surface area (TPSA) is 48.0 Å². The maximum atomic E-state index is 12.9. The minimum Gasteiger partial charge on any atom is -0.497 e. The number of ether oxygens (including phenoxy) is 3. The normalized spacial score (nSPS) is 22.5. The average molecular weight is 331 g/mol. The first kappa shape index (κ1) is 17.0. The molecule has 1 aromatic rings. The molecule has 3 rings (SSSR count). The Morgan fingerprint density at radius 3 is 2.96 bits per heavy atom. The van der Waals surface area contributed by atoms with Crippen LogP contribution in [-0.2, 0) is 14.3 Å². The van der Waals surface area contributed by atoms with Crippen LogP contribution in [0.2, 0.25) is 0 Å². The summed E-state index contributed by atoms with van der Waals surface area (Å²) in [5.74, 6) is 0.904. The van der Waals surface area contributed by atoms with Crippen molar-refractivity contribution in [1.82, 2.24) is 4.90 Å². The Bertz CT molecular complexity index is 620. The molecule has 1 unspecified atom stereocenters. The number of hydrogen-bond acceptors (Lipinski definition) is 4. The highest BCUT2D eigenvalue weighted by molar-refractivity contribution is 6.01. The molecule has 0 bridgehead atoms. The van der Waals surface area contributed by atoms with Crippen LogP contribution in [0.25, 0.3) is 5.57 Å². The second-order valence-corrected chi connectivity index (χ2v) is 6.29. The quantitative estimate of drug-likeness (QED) is 0.850. The number of likely N-dealkylation sites (N-methyl/N-ethyl adjacent to an activating group) is 1. The Balaban J connectivity index is 1.97. The first-order chi connectivity index (χ1) is 11.7. The molecular formula is C19H25NO4. The lowest BCUT2D eigenvalue weighted by atomic mass is 9.92. The third-order valence-corrected chi connectivity index (χ3v) is 4.62. The van der Waals surface area contributed by atoms with Crippen molar-refractivity contribution >= 4 is 11.5 Å². The highest BCUT2D eigenvalue weighted by Crippen LogP contribution is 2.32. The third-order valence-electron chi connectivity index (χ3n) is 4.62. The zero-order valence-electron chi connectivity index (χ0n) is 14.4. The second-order valence-electron chi connectivity index (χ2n) is 6.29. The van der Waals surface area contributed by atoms with E-state index in [4.69, 9.17) is 14.2 Å². The van der Waals surface area contributed by atoms with Gasteiger partial charge in [0.2, 0.25) is 5.91 Å². The molecular weight excluding hydrogens is 306 g/mol. The van der Waals surface area contributed by atoms with Crippen LogP contribution in [-0.4, -0.2) is 57.4 Å². The van der Waals surface area contributed by atoms with Gasteiger partial charge in [-0.15, -0.1) is 0 Å². The van der Waals surface area contributed by atoms with Gasteiger partial charge in [0.25, 0.3) is 0 Å². The summed E-state index contributed by atoms with van der Waals surface area (Å²) in [6, 6.07) is 7.95. The Hall–Kier alpha value is -1.85. The lowest BCUT2D eigenvalue weighted by molar-refractivity contribution is -0.127. The first-order valence-corrected chi connectivity index (χ1v) is 8.50. The van der Waals surface area contributed by atoms with Crippen molar-refractivity contribution in [1.29, 1.82) is 0 Å². The molecule has 24 heavy (non-hydrogen) atoms. The molecule has 2 aliphatic rings. The van der Waals surface area contributed by atoms with Gasteiger partial charge in [0, 0.05) is 25.6 Å². The Labute approximate surface area is 143 Å². The SMILES string of the molecule is COc1cccc(C2=C(CC3COCCO3)C(=O)N(C)CCC2)c1. The van der Waals surface area contributed by atoms with Crippen molar-refractivity contribution < 1.29 is 19.0 Å². The fraction of sp³-hybridized carbons (Fsp3) is 0.526. The first-order valence-electron chi connectivity index (χ1n) is 8.50. The van der Waals surface area contributed by atoms with Gasteiger partial charge in [-0.25, -0.2) is 0 Å². The summed E-state index contributed by atoms with van der Waals surface area (Å²) in [7, 11) is 3.53. The second kappa shape index (κ2) is 7.81. The molecule has 0 saturated carbocycles. The minimum atomic E-state index is -0.0511. The van der Waals surface area contributed by atoms with Crippen molar-refractivity contribution in [3.63, 3.8) is 0 Å². The van der Waals surface area contributed by atoms with Crippen LogP contribution in [0.1, 0.15) is 24.8 Å². The van der Waals surface area contributed by atoms with Gasteiger partial charge in [-0.05, 0) is 36.1 Å². The molecule has 2 heterocycles. The minimum absolute atomic E-state index is 0.0511. The summed E-state index contributed by atoms with van der Waals surface area (Å²) >= 11 is 0. The molecule has 1 amide bonds. The molecule has 2 aliphatic heterocycles. The number of benzene rings is 1. The van der Waals surface area contributed by atoms with E-state index in [-0.39, 0.29) is 12.0 Å². The Morgan fingerprint density at radius 1 is 1.33 bits per heavy atom. The number of nitrogens with zero attached hydrogens (tertiary/aromatic N) is 1. The highest BCUT2D eigenvalue weighted by Gasteiger charge is 2.27. The molecule has 5 heteroatoms. The van der Waals surface area contributed by atoms with Crippen LogP contribution in [0, 0.1) is 0 Å². The molecule has 1 atom stereocenters. The predicted octanol–water partition coefficient (Wildman–Crippen LogP) is 2.51. The molecule has 5 nitrogen and oxygen atoms in total. The van der Waals surface area contributed by atoms with E-state index in [0.717, 1.165) is 41.8 Å². The summed E-state index contributed by atoms with van der Waals surface area (Å²) < 4.78 is 16.6. The van der Waals surface area contributed by atoms with Crippen LogP contribution in [0.15, 0.2) is 29.8 Å². The van der Waals surface area contributed by atoms with Gasteiger partial charge in [0.15, 0.2) is 0 Å². The fourth-order valence-electron chi connectivity index (χ4n) is 3.33. The van der Waals surface area contributed by atoms with Gasteiger partial charge in [0.05, 0.1) is 33.0 Å². The van der Waals surface area contributed by atoms with Gasteiger partial charge in [0.1, 0.15) is 5.75 Å². The molecule has 0 spiro atoms. The number of amides is 1. The lowest BCUT2D eigenvalue weighted by Gasteiger charge is -2.25. The fourth-order valence-corrected chi connectivity index (χ4v) is 3.33. The Kier molecular flexibility index (Phi) is 5.53. The highest BCUT2D eigenvalue weighted by atomic mass is 16.6. The van der Waals surface area contributed by atoms with Crippen molar-refractivity contribution in [2.75, 3.05) is 40.5 Å². The molecule has 1 saturated heterocycles. The number of methoxy groups -OCH3 is 1. The van der Waals surface area contributed by atoms with Crippen LogP contribution in [0.3, 0.4) is 0 Å². The van der Waals surface area contributed by atoms with Crippen LogP contribution < -0.4 is 4.74 Å².